The van der Waals surface area contributed by atoms with Gasteiger partial charge in [0.1, 0.15) is 11.9 Å². The van der Waals surface area contributed by atoms with Crippen LogP contribution in [0.25, 0.3) is 5.69 Å². The van der Waals surface area contributed by atoms with Crippen molar-refractivity contribution in [3.63, 3.8) is 0 Å². The summed E-state index contributed by atoms with van der Waals surface area (Å²) in [6.07, 6.45) is 5.72. The van der Waals surface area contributed by atoms with Gasteiger partial charge in [-0.2, -0.15) is 15.0 Å². The highest BCUT2D eigenvalue weighted by Crippen LogP contribution is 2.30. The van der Waals surface area contributed by atoms with Crippen molar-refractivity contribution in [2.75, 3.05) is 20.3 Å². The first-order valence-electron chi connectivity index (χ1n) is 11.2. The largest absolute Gasteiger partial charge is 0.496 e. The van der Waals surface area contributed by atoms with E-state index in [0.29, 0.717) is 30.0 Å². The van der Waals surface area contributed by atoms with Crippen molar-refractivity contribution < 1.29 is 23.8 Å². The third kappa shape index (κ3) is 4.70. The van der Waals surface area contributed by atoms with Crippen LogP contribution in [0, 0.1) is 0 Å². The molecule has 0 unspecified atom stereocenters. The van der Waals surface area contributed by atoms with Crippen LogP contribution in [0.2, 0.25) is 0 Å². The second-order valence-corrected chi connectivity index (χ2v) is 7.87. The Labute approximate surface area is 197 Å². The highest BCUT2D eigenvalue weighted by molar-refractivity contribution is 5.98. The van der Waals surface area contributed by atoms with Crippen molar-refractivity contribution in [2.24, 2.45) is 0 Å². The topological polar surface area (TPSA) is 109 Å². The van der Waals surface area contributed by atoms with Gasteiger partial charge in [0.25, 0.3) is 5.91 Å². The van der Waals surface area contributed by atoms with Crippen LogP contribution in [0.5, 0.6) is 11.6 Å². The van der Waals surface area contributed by atoms with Crippen molar-refractivity contribution >= 4 is 11.9 Å². The zero-order valence-electron chi connectivity index (χ0n) is 19.4. The maximum absolute atomic E-state index is 13.6. The van der Waals surface area contributed by atoms with E-state index in [1.165, 1.54) is 18.1 Å². The Morgan fingerprint density at radius 3 is 2.59 bits per heavy atom. The number of likely N-dealkylation sites (tertiary alicyclic amines) is 1. The van der Waals surface area contributed by atoms with E-state index in [1.807, 2.05) is 25.1 Å². The van der Waals surface area contributed by atoms with Gasteiger partial charge in [-0.05, 0) is 44.9 Å². The zero-order chi connectivity index (χ0) is 24.1. The minimum Gasteiger partial charge on any atom is -0.496 e. The number of esters is 1. The smallest absolute Gasteiger partial charge is 0.347 e. The fourth-order valence-electron chi connectivity index (χ4n) is 4.01. The number of piperidine rings is 1. The summed E-state index contributed by atoms with van der Waals surface area (Å²) in [4.78, 5) is 33.6. The molecule has 2 atom stereocenters. The van der Waals surface area contributed by atoms with Gasteiger partial charge in [-0.1, -0.05) is 12.1 Å². The molecule has 0 saturated carbocycles. The molecule has 1 aromatic carbocycles. The number of benzene rings is 1. The number of para-hydroxylation sites is 1. The first-order valence-corrected chi connectivity index (χ1v) is 11.2. The number of carbonyl (C=O) groups is 2. The summed E-state index contributed by atoms with van der Waals surface area (Å²) in [7, 11) is 1.47. The number of nitrogens with zero attached hydrogens (tertiary/aromatic N) is 5. The number of methoxy groups -OCH3 is 1. The number of hydrogen-bond acceptors (Lipinski definition) is 8. The number of carbonyl (C=O) groups excluding carboxylic acids is 2. The first kappa shape index (κ1) is 23.2. The van der Waals surface area contributed by atoms with Gasteiger partial charge in [-0.3, -0.25) is 4.79 Å². The third-order valence-corrected chi connectivity index (χ3v) is 5.72. The molecule has 10 heteroatoms. The molecule has 2 aromatic heterocycles. The monoisotopic (exact) mass is 465 g/mol. The van der Waals surface area contributed by atoms with Crippen molar-refractivity contribution in [3.05, 3.63) is 60.0 Å². The van der Waals surface area contributed by atoms with Gasteiger partial charge in [0.2, 0.25) is 5.88 Å². The third-order valence-electron chi connectivity index (χ3n) is 5.72. The Hall–Kier alpha value is -3.95. The van der Waals surface area contributed by atoms with Crippen LogP contribution in [-0.4, -0.2) is 69.2 Å². The van der Waals surface area contributed by atoms with Crippen LogP contribution in [0.4, 0.5) is 0 Å². The van der Waals surface area contributed by atoms with Crippen molar-refractivity contribution in [2.45, 2.75) is 38.8 Å². The molecule has 0 N–H and O–H groups in total. The Morgan fingerprint density at radius 1 is 1.09 bits per heavy atom. The summed E-state index contributed by atoms with van der Waals surface area (Å²) >= 11 is 0. The van der Waals surface area contributed by atoms with Crippen LogP contribution in [0.3, 0.4) is 0 Å². The molecule has 1 fully saturated rings. The molecule has 1 saturated heterocycles. The van der Waals surface area contributed by atoms with Gasteiger partial charge >= 0.3 is 5.97 Å². The summed E-state index contributed by atoms with van der Waals surface area (Å²) < 4.78 is 16.6. The normalized spacial score (nSPS) is 17.8. The molecule has 0 radical (unpaired) electrons. The van der Waals surface area contributed by atoms with E-state index < -0.39 is 5.97 Å². The maximum atomic E-state index is 13.6. The summed E-state index contributed by atoms with van der Waals surface area (Å²) in [5.74, 6) is -0.259. The molecule has 0 bridgehead atoms. The Morgan fingerprint density at radius 2 is 1.85 bits per heavy atom. The minimum absolute atomic E-state index is 0.00813. The fourth-order valence-corrected chi connectivity index (χ4v) is 4.01. The van der Waals surface area contributed by atoms with Crippen LogP contribution in [0.1, 0.15) is 47.4 Å². The molecular formula is C24H27N5O5. The summed E-state index contributed by atoms with van der Waals surface area (Å²) in [5, 5.41) is 8.34. The van der Waals surface area contributed by atoms with Gasteiger partial charge in [0.05, 0.1) is 43.9 Å². The number of ether oxygens (including phenoxy) is 3. The van der Waals surface area contributed by atoms with Crippen molar-refractivity contribution in [1.82, 2.24) is 24.9 Å². The second-order valence-electron chi connectivity index (χ2n) is 7.87. The molecule has 1 aliphatic heterocycles. The number of aromatic nitrogens is 4. The highest BCUT2D eigenvalue weighted by atomic mass is 16.5. The Kier molecular flexibility index (Phi) is 7.05. The van der Waals surface area contributed by atoms with E-state index in [0.717, 1.165) is 6.42 Å². The molecule has 0 spiro atoms. The maximum Gasteiger partial charge on any atom is 0.347 e. The average molecular weight is 466 g/mol. The molecule has 0 aliphatic carbocycles. The lowest BCUT2D eigenvalue weighted by atomic mass is 9.99. The van der Waals surface area contributed by atoms with E-state index in [-0.39, 0.29) is 36.1 Å². The van der Waals surface area contributed by atoms with Crippen LogP contribution in [0.15, 0.2) is 48.9 Å². The summed E-state index contributed by atoms with van der Waals surface area (Å²) in [5.41, 5.74) is 1.24. The average Bonchev–Trinajstić information content (AvgIpc) is 3.39. The first-order chi connectivity index (χ1) is 16.5. The summed E-state index contributed by atoms with van der Waals surface area (Å²) in [6.45, 7) is 4.28. The molecule has 3 aromatic rings. The quantitative estimate of drug-likeness (QED) is 0.490. The number of hydrogen-bond donors (Lipinski definition) is 0. The van der Waals surface area contributed by atoms with E-state index in [1.54, 1.807) is 36.4 Å². The molecule has 34 heavy (non-hydrogen) atoms. The van der Waals surface area contributed by atoms with E-state index in [9.17, 15) is 9.59 Å². The van der Waals surface area contributed by atoms with Gasteiger partial charge < -0.3 is 19.1 Å². The van der Waals surface area contributed by atoms with E-state index in [2.05, 4.69) is 15.2 Å². The lowest BCUT2D eigenvalue weighted by molar-refractivity contribution is 0.0350. The molecular weight excluding hydrogens is 438 g/mol. The van der Waals surface area contributed by atoms with Gasteiger partial charge in [0.15, 0.2) is 5.56 Å². The predicted molar refractivity (Wildman–Crippen MR) is 122 cm³/mol. The van der Waals surface area contributed by atoms with E-state index >= 15 is 0 Å². The van der Waals surface area contributed by atoms with Crippen molar-refractivity contribution in [1.29, 1.82) is 0 Å². The van der Waals surface area contributed by atoms with Crippen molar-refractivity contribution in [3.8, 4) is 17.3 Å². The molecule has 4 rings (SSSR count). The molecule has 3 heterocycles. The molecule has 10 nitrogen and oxygen atoms in total. The lowest BCUT2D eigenvalue weighted by Gasteiger charge is -2.38. The van der Waals surface area contributed by atoms with Gasteiger partial charge in [-0.15, -0.1) is 0 Å². The lowest BCUT2D eigenvalue weighted by Crippen LogP contribution is -2.49. The summed E-state index contributed by atoms with van der Waals surface area (Å²) in [6, 6.07) is 8.82. The van der Waals surface area contributed by atoms with Crippen LogP contribution < -0.4 is 9.47 Å². The number of amides is 1. The van der Waals surface area contributed by atoms with Gasteiger partial charge in [0, 0.05) is 12.2 Å². The number of pyridine rings is 1. The SMILES string of the molecule is CCOC(=O)c1c(OC)ccnc1O[C@@H]1CC[C@@H](C)N(C(=O)c2ccccc2-n2nccn2)C1. The Balaban J connectivity index is 1.58. The number of rotatable bonds is 7. The zero-order valence-corrected chi connectivity index (χ0v) is 19.4. The highest BCUT2D eigenvalue weighted by Gasteiger charge is 2.33. The molecule has 1 aliphatic rings. The Bertz CT molecular complexity index is 1150. The van der Waals surface area contributed by atoms with Crippen LogP contribution in [-0.2, 0) is 4.74 Å². The van der Waals surface area contributed by atoms with Gasteiger partial charge in [-0.25, -0.2) is 9.78 Å². The predicted octanol–water partition coefficient (Wildman–Crippen LogP) is 2.92. The minimum atomic E-state index is -0.569. The molecule has 178 valence electrons. The standard InChI is InChI=1S/C24H27N5O5/c1-4-33-24(31)21-20(32-3)11-12-25-22(21)34-17-10-9-16(2)28(15-17)23(30)18-7-5-6-8-19(18)29-26-13-14-27-29/h5-8,11-14,16-17H,4,9-10,15H2,1-3H3/t16-,17-/m1/s1. The second kappa shape index (κ2) is 10.3. The van der Waals surface area contributed by atoms with Crippen LogP contribution >= 0.6 is 0 Å². The molecule has 1 amide bonds. The van der Waals surface area contributed by atoms with E-state index in [4.69, 9.17) is 14.2 Å². The fraction of sp³-hybridized carbons (Fsp3) is 0.375.